The Morgan fingerprint density at radius 2 is 1.73 bits per heavy atom. The minimum absolute atomic E-state index is 0.129. The summed E-state index contributed by atoms with van der Waals surface area (Å²) in [5.41, 5.74) is 2.24. The van der Waals surface area contributed by atoms with Crippen molar-refractivity contribution in [1.29, 1.82) is 0 Å². The summed E-state index contributed by atoms with van der Waals surface area (Å²) in [5.74, 6) is 0.379. The van der Waals surface area contributed by atoms with Gasteiger partial charge in [0.1, 0.15) is 11.8 Å². The zero-order valence-electron chi connectivity index (χ0n) is 25.1. The number of hydrogen-bond acceptors (Lipinski definition) is 7. The Morgan fingerprint density at radius 3 is 2.34 bits per heavy atom. The van der Waals surface area contributed by atoms with E-state index in [9.17, 15) is 14.4 Å². The Balaban J connectivity index is 2.12. The molecule has 220 valence electrons. The monoisotopic (exact) mass is 564 g/mol. The van der Waals surface area contributed by atoms with Crippen LogP contribution in [0.15, 0.2) is 47.0 Å². The van der Waals surface area contributed by atoms with Gasteiger partial charge in [-0.15, -0.1) is 0 Å². The molecule has 0 aliphatic carbocycles. The van der Waals surface area contributed by atoms with Crippen LogP contribution in [0.4, 0.5) is 11.5 Å². The largest absolute Gasteiger partial charge is 0.493 e. The van der Waals surface area contributed by atoms with E-state index in [0.717, 1.165) is 11.1 Å². The van der Waals surface area contributed by atoms with Gasteiger partial charge in [-0.3, -0.25) is 19.3 Å². The van der Waals surface area contributed by atoms with Gasteiger partial charge in [0.05, 0.1) is 14.2 Å². The van der Waals surface area contributed by atoms with Crippen molar-refractivity contribution in [2.75, 3.05) is 24.4 Å². The lowest BCUT2D eigenvalue weighted by Crippen LogP contribution is -2.50. The average molecular weight is 565 g/mol. The zero-order valence-corrected chi connectivity index (χ0v) is 25.1. The van der Waals surface area contributed by atoms with Gasteiger partial charge in [0.25, 0.3) is 0 Å². The van der Waals surface area contributed by atoms with Crippen molar-refractivity contribution in [3.05, 3.63) is 64.9 Å². The van der Waals surface area contributed by atoms with Gasteiger partial charge in [-0.2, -0.15) is 0 Å². The Kier molecular flexibility index (Phi) is 10.2. The Hall–Kier alpha value is -4.34. The summed E-state index contributed by atoms with van der Waals surface area (Å²) in [6.45, 7) is 11.4. The zero-order chi connectivity index (χ0) is 30.3. The van der Waals surface area contributed by atoms with Crippen LogP contribution < -0.4 is 25.0 Å². The molecule has 2 N–H and O–H groups in total. The highest BCUT2D eigenvalue weighted by Gasteiger charge is 2.38. The minimum Gasteiger partial charge on any atom is -0.493 e. The molecule has 3 aromatic rings. The fraction of sp³-hybridized carbons (Fsp3) is 0.419. The number of ether oxygens (including phenoxy) is 2. The van der Waals surface area contributed by atoms with Crippen molar-refractivity contribution in [3.63, 3.8) is 0 Å². The molecule has 0 saturated heterocycles. The topological polar surface area (TPSA) is 123 Å². The smallest absolute Gasteiger partial charge is 0.248 e. The van der Waals surface area contributed by atoms with Crippen LogP contribution in [0.5, 0.6) is 11.5 Å². The molecular formula is C31H40N4O6. The summed E-state index contributed by atoms with van der Waals surface area (Å²) in [6, 6.07) is 11.3. The first kappa shape index (κ1) is 31.2. The molecule has 0 unspecified atom stereocenters. The molecule has 3 amide bonds. The maximum atomic E-state index is 14.2. The van der Waals surface area contributed by atoms with E-state index in [1.807, 2.05) is 46.8 Å². The van der Waals surface area contributed by atoms with Crippen LogP contribution in [0, 0.1) is 20.8 Å². The Labute approximate surface area is 241 Å². The molecule has 1 heterocycles. The molecule has 41 heavy (non-hydrogen) atoms. The average Bonchev–Trinajstić information content (AvgIpc) is 3.35. The fourth-order valence-corrected chi connectivity index (χ4v) is 4.40. The lowest BCUT2D eigenvalue weighted by molar-refractivity contribution is -0.128. The van der Waals surface area contributed by atoms with Gasteiger partial charge in [-0.1, -0.05) is 36.3 Å². The van der Waals surface area contributed by atoms with E-state index in [1.165, 1.54) is 19.1 Å². The number of nitrogens with zero attached hydrogens (tertiary/aromatic N) is 2. The minimum atomic E-state index is -1.12. The van der Waals surface area contributed by atoms with Crippen LogP contribution in [-0.2, 0) is 14.4 Å². The van der Waals surface area contributed by atoms with Gasteiger partial charge in [0.2, 0.25) is 17.7 Å². The van der Waals surface area contributed by atoms with Crippen molar-refractivity contribution in [1.82, 2.24) is 10.5 Å². The number of carbonyl (C=O) groups is 3. The number of amides is 3. The normalized spacial score (nSPS) is 11.9. The SMILES string of the molecule is CCC(C)(C)NC(=O)[C@@H](c1cccc(OC)c1OC)N(C(=O)CCC(=O)Nc1cc(C)on1)c1cccc(C)c1C. The quantitative estimate of drug-likeness (QED) is 0.301. The lowest BCUT2D eigenvalue weighted by atomic mass is 9.96. The van der Waals surface area contributed by atoms with Gasteiger partial charge in [0, 0.05) is 35.7 Å². The number of methoxy groups -OCH3 is 2. The molecule has 10 heteroatoms. The van der Waals surface area contributed by atoms with Crippen molar-refractivity contribution in [2.45, 2.75) is 72.4 Å². The predicted molar refractivity (Wildman–Crippen MR) is 157 cm³/mol. The molecule has 2 aromatic carbocycles. The number of hydrogen-bond donors (Lipinski definition) is 2. The van der Waals surface area contributed by atoms with Crippen molar-refractivity contribution >= 4 is 29.2 Å². The molecule has 0 bridgehead atoms. The van der Waals surface area contributed by atoms with Gasteiger partial charge in [-0.25, -0.2) is 0 Å². The van der Waals surface area contributed by atoms with E-state index in [4.69, 9.17) is 14.0 Å². The highest BCUT2D eigenvalue weighted by Crippen LogP contribution is 2.40. The molecule has 10 nitrogen and oxygen atoms in total. The third kappa shape index (κ3) is 7.45. The summed E-state index contributed by atoms with van der Waals surface area (Å²) < 4.78 is 16.2. The maximum Gasteiger partial charge on any atom is 0.248 e. The summed E-state index contributed by atoms with van der Waals surface area (Å²) in [7, 11) is 3.01. The summed E-state index contributed by atoms with van der Waals surface area (Å²) in [4.78, 5) is 42.5. The first-order valence-electron chi connectivity index (χ1n) is 13.6. The summed E-state index contributed by atoms with van der Waals surface area (Å²) >= 11 is 0. The third-order valence-corrected chi connectivity index (χ3v) is 7.15. The van der Waals surface area contributed by atoms with Crippen LogP contribution in [0.25, 0.3) is 0 Å². The van der Waals surface area contributed by atoms with Crippen LogP contribution >= 0.6 is 0 Å². The number of benzene rings is 2. The van der Waals surface area contributed by atoms with Crippen molar-refractivity contribution < 1.29 is 28.4 Å². The van der Waals surface area contributed by atoms with Crippen LogP contribution in [0.3, 0.4) is 0 Å². The molecular weight excluding hydrogens is 524 g/mol. The van der Waals surface area contributed by atoms with E-state index < -0.39 is 23.4 Å². The number of aryl methyl sites for hydroxylation is 2. The van der Waals surface area contributed by atoms with E-state index in [2.05, 4.69) is 15.8 Å². The molecule has 0 aliphatic rings. The molecule has 0 saturated carbocycles. The predicted octanol–water partition coefficient (Wildman–Crippen LogP) is 5.42. The third-order valence-electron chi connectivity index (χ3n) is 7.15. The van der Waals surface area contributed by atoms with E-state index >= 15 is 0 Å². The van der Waals surface area contributed by atoms with Gasteiger partial charge < -0.3 is 24.6 Å². The standard InChI is InChI=1S/C31H40N4O6/c1-9-31(5,6)33-30(38)28(22-13-11-15-24(39-7)29(22)40-8)35(23-14-10-12-19(2)21(23)4)27(37)17-16-26(36)32-25-18-20(3)41-34-25/h10-15,18,28H,9,16-17H2,1-8H3,(H,33,38)(H,32,34,36)/t28-/m1/s1. The second-order valence-corrected chi connectivity index (χ2v) is 10.6. The number of rotatable bonds is 12. The first-order valence-corrected chi connectivity index (χ1v) is 13.6. The van der Waals surface area contributed by atoms with Crippen LogP contribution in [0.2, 0.25) is 0 Å². The second-order valence-electron chi connectivity index (χ2n) is 10.6. The number of anilines is 2. The Morgan fingerprint density at radius 1 is 1.02 bits per heavy atom. The Bertz CT molecular complexity index is 1400. The molecule has 0 fully saturated rings. The number of aromatic nitrogens is 1. The molecule has 0 aliphatic heterocycles. The lowest BCUT2D eigenvalue weighted by Gasteiger charge is -2.36. The fourth-order valence-electron chi connectivity index (χ4n) is 4.40. The van der Waals surface area contributed by atoms with Gasteiger partial charge >= 0.3 is 0 Å². The van der Waals surface area contributed by atoms with E-state index in [1.54, 1.807) is 37.3 Å². The maximum absolute atomic E-state index is 14.2. The van der Waals surface area contributed by atoms with Crippen LogP contribution in [0.1, 0.15) is 68.5 Å². The van der Waals surface area contributed by atoms with E-state index in [-0.39, 0.29) is 24.6 Å². The molecule has 0 spiro atoms. The molecule has 3 rings (SSSR count). The number of carbonyl (C=O) groups excluding carboxylic acids is 3. The van der Waals surface area contributed by atoms with Crippen molar-refractivity contribution in [2.24, 2.45) is 0 Å². The highest BCUT2D eigenvalue weighted by atomic mass is 16.5. The summed E-state index contributed by atoms with van der Waals surface area (Å²) in [5, 5.41) is 9.52. The van der Waals surface area contributed by atoms with Gasteiger partial charge in [0.15, 0.2) is 17.3 Å². The van der Waals surface area contributed by atoms with Crippen LogP contribution in [-0.4, -0.2) is 42.6 Å². The molecule has 1 aromatic heterocycles. The molecule has 0 radical (unpaired) electrons. The first-order chi connectivity index (χ1) is 19.4. The highest BCUT2D eigenvalue weighted by molar-refractivity contribution is 6.04. The molecule has 1 atom stereocenters. The number of para-hydroxylation sites is 1. The second kappa shape index (κ2) is 13.3. The summed E-state index contributed by atoms with van der Waals surface area (Å²) in [6.07, 6.45) is 0.374. The van der Waals surface area contributed by atoms with Gasteiger partial charge in [-0.05, 0) is 64.3 Å². The van der Waals surface area contributed by atoms with E-state index in [0.29, 0.717) is 34.9 Å². The van der Waals surface area contributed by atoms with Crippen molar-refractivity contribution in [3.8, 4) is 11.5 Å². The number of nitrogens with one attached hydrogen (secondary N) is 2.